The Morgan fingerprint density at radius 1 is 1.06 bits per heavy atom. The third-order valence-corrected chi connectivity index (χ3v) is 8.42. The predicted molar refractivity (Wildman–Crippen MR) is 122 cm³/mol. The molecule has 0 saturated carbocycles. The second-order valence-corrected chi connectivity index (χ2v) is 10.3. The van der Waals surface area contributed by atoms with Gasteiger partial charge in [0, 0.05) is 36.0 Å². The van der Waals surface area contributed by atoms with E-state index in [0.717, 1.165) is 5.56 Å². The van der Waals surface area contributed by atoms with Crippen molar-refractivity contribution in [1.29, 1.82) is 0 Å². The number of amidine groups is 1. The molecule has 2 aliphatic heterocycles. The lowest BCUT2D eigenvalue weighted by Gasteiger charge is -2.26. The molecule has 2 aliphatic rings. The first kappa shape index (κ1) is 22.3. The first-order valence-electron chi connectivity index (χ1n) is 9.87. The zero-order chi connectivity index (χ0) is 21.8. The van der Waals surface area contributed by atoms with Crippen molar-refractivity contribution in [1.82, 2.24) is 9.21 Å². The molecule has 4 rings (SSSR count). The van der Waals surface area contributed by atoms with Gasteiger partial charge in [-0.1, -0.05) is 41.6 Å². The van der Waals surface area contributed by atoms with E-state index in [1.54, 1.807) is 17.0 Å². The van der Waals surface area contributed by atoms with Crippen molar-refractivity contribution in [2.45, 2.75) is 10.6 Å². The van der Waals surface area contributed by atoms with Gasteiger partial charge in [0.2, 0.25) is 10.0 Å². The smallest absolute Gasteiger partial charge is 0.259 e. The number of rotatable bonds is 5. The number of sulfonamides is 1. The van der Waals surface area contributed by atoms with Gasteiger partial charge < -0.3 is 4.74 Å². The van der Waals surface area contributed by atoms with Gasteiger partial charge in [0.15, 0.2) is 5.17 Å². The maximum Gasteiger partial charge on any atom is 0.259 e. The summed E-state index contributed by atoms with van der Waals surface area (Å²) in [5, 5.41) is 1.33. The van der Waals surface area contributed by atoms with E-state index in [9.17, 15) is 13.2 Å². The third kappa shape index (κ3) is 4.96. The normalized spacial score (nSPS) is 17.6. The van der Waals surface area contributed by atoms with Crippen LogP contribution in [0.1, 0.15) is 15.9 Å². The first-order chi connectivity index (χ1) is 15.0. The quantitative estimate of drug-likeness (QED) is 0.658. The summed E-state index contributed by atoms with van der Waals surface area (Å²) in [7, 11) is -3.59. The lowest BCUT2D eigenvalue weighted by atomic mass is 10.2. The number of hydrogen-bond acceptors (Lipinski definition) is 6. The minimum Gasteiger partial charge on any atom is -0.379 e. The molecular formula is C21H22ClN3O4S2. The van der Waals surface area contributed by atoms with Gasteiger partial charge in [-0.15, -0.1) is 0 Å². The number of ether oxygens (including phenoxy) is 1. The molecule has 0 N–H and O–H groups in total. The Balaban J connectivity index is 1.44. The molecule has 0 atom stereocenters. The predicted octanol–water partition coefficient (Wildman–Crippen LogP) is 3.11. The number of thioether (sulfide) groups is 1. The van der Waals surface area contributed by atoms with Crippen molar-refractivity contribution in [3.05, 3.63) is 64.7 Å². The van der Waals surface area contributed by atoms with Gasteiger partial charge in [-0.3, -0.25) is 14.7 Å². The molecule has 2 aromatic carbocycles. The number of halogens is 1. The van der Waals surface area contributed by atoms with Crippen molar-refractivity contribution in [3.63, 3.8) is 0 Å². The molecule has 10 heteroatoms. The number of carbonyl (C=O) groups excluding carboxylic acids is 1. The molecule has 0 radical (unpaired) electrons. The van der Waals surface area contributed by atoms with Gasteiger partial charge in [-0.05, 0) is 35.9 Å². The zero-order valence-corrected chi connectivity index (χ0v) is 19.1. The Bertz CT molecular complexity index is 1080. The lowest BCUT2D eigenvalue weighted by molar-refractivity contribution is 0.0730. The molecule has 164 valence electrons. The van der Waals surface area contributed by atoms with Crippen LogP contribution >= 0.6 is 23.4 Å². The van der Waals surface area contributed by atoms with Gasteiger partial charge >= 0.3 is 0 Å². The van der Waals surface area contributed by atoms with Crippen molar-refractivity contribution < 1.29 is 17.9 Å². The van der Waals surface area contributed by atoms with E-state index in [0.29, 0.717) is 60.9 Å². The molecule has 1 fully saturated rings. The van der Waals surface area contributed by atoms with Crippen LogP contribution in [0.2, 0.25) is 5.02 Å². The van der Waals surface area contributed by atoms with E-state index in [1.807, 2.05) is 24.3 Å². The zero-order valence-electron chi connectivity index (χ0n) is 16.7. The highest BCUT2D eigenvalue weighted by molar-refractivity contribution is 8.13. The fourth-order valence-electron chi connectivity index (χ4n) is 3.36. The summed E-state index contributed by atoms with van der Waals surface area (Å²) in [6, 6.07) is 13.7. The highest BCUT2D eigenvalue weighted by Gasteiger charge is 2.28. The van der Waals surface area contributed by atoms with Crippen molar-refractivity contribution in [2.24, 2.45) is 4.99 Å². The van der Waals surface area contributed by atoms with E-state index in [2.05, 4.69) is 4.99 Å². The van der Waals surface area contributed by atoms with Gasteiger partial charge in [0.25, 0.3) is 5.91 Å². The van der Waals surface area contributed by atoms with Crippen LogP contribution in [0.5, 0.6) is 0 Å². The fourth-order valence-corrected chi connectivity index (χ4v) is 6.10. The Morgan fingerprint density at radius 2 is 1.77 bits per heavy atom. The Labute approximate surface area is 191 Å². The average molecular weight is 480 g/mol. The van der Waals surface area contributed by atoms with E-state index in [-0.39, 0.29) is 10.8 Å². The highest BCUT2D eigenvalue weighted by atomic mass is 35.5. The van der Waals surface area contributed by atoms with E-state index >= 15 is 0 Å². The van der Waals surface area contributed by atoms with E-state index < -0.39 is 10.0 Å². The van der Waals surface area contributed by atoms with Gasteiger partial charge in [-0.2, -0.15) is 4.31 Å². The third-order valence-electron chi connectivity index (χ3n) is 5.07. The van der Waals surface area contributed by atoms with Crippen molar-refractivity contribution >= 4 is 44.5 Å². The SMILES string of the molecule is O=C(c1ccc(S(=O)(=O)N2CCOCC2)cc1)N1CCN=C1SCc1ccccc1Cl. The molecule has 2 aromatic rings. The minimum absolute atomic E-state index is 0.175. The van der Waals surface area contributed by atoms with Crippen molar-refractivity contribution in [2.75, 3.05) is 39.4 Å². The molecule has 1 amide bonds. The summed E-state index contributed by atoms with van der Waals surface area (Å²) in [5.74, 6) is 0.414. The van der Waals surface area contributed by atoms with E-state index in [4.69, 9.17) is 16.3 Å². The molecule has 0 aliphatic carbocycles. The minimum atomic E-state index is -3.59. The maximum absolute atomic E-state index is 13.0. The Hall–Kier alpha value is -1.91. The van der Waals surface area contributed by atoms with Crippen LogP contribution in [0.4, 0.5) is 0 Å². The average Bonchev–Trinajstić information content (AvgIpc) is 3.27. The molecular weight excluding hydrogens is 458 g/mol. The summed E-state index contributed by atoms with van der Waals surface area (Å²) >= 11 is 7.68. The van der Waals surface area contributed by atoms with Crippen LogP contribution in [-0.2, 0) is 20.5 Å². The maximum atomic E-state index is 13.0. The molecule has 31 heavy (non-hydrogen) atoms. The Morgan fingerprint density at radius 3 is 2.48 bits per heavy atom. The molecule has 0 aromatic heterocycles. The van der Waals surface area contributed by atoms with Crippen LogP contribution < -0.4 is 0 Å². The van der Waals surface area contributed by atoms with Crippen LogP contribution in [-0.4, -0.2) is 68.1 Å². The lowest BCUT2D eigenvalue weighted by Crippen LogP contribution is -2.40. The number of aliphatic imine (C=N–C) groups is 1. The number of morpholine rings is 1. The van der Waals surface area contributed by atoms with Crippen LogP contribution in [0.25, 0.3) is 0 Å². The van der Waals surface area contributed by atoms with Crippen LogP contribution in [0.3, 0.4) is 0 Å². The van der Waals surface area contributed by atoms with E-state index in [1.165, 1.54) is 28.2 Å². The summed E-state index contributed by atoms with van der Waals surface area (Å²) < 4.78 is 32.2. The second kappa shape index (κ2) is 9.70. The number of amides is 1. The van der Waals surface area contributed by atoms with Gasteiger partial charge in [0.1, 0.15) is 0 Å². The number of hydrogen-bond donors (Lipinski definition) is 0. The summed E-state index contributed by atoms with van der Waals surface area (Å²) in [6.07, 6.45) is 0. The monoisotopic (exact) mass is 479 g/mol. The second-order valence-electron chi connectivity index (χ2n) is 7.04. The molecule has 0 bridgehead atoms. The number of carbonyl (C=O) groups is 1. The summed E-state index contributed by atoms with van der Waals surface area (Å²) in [5.41, 5.74) is 1.41. The largest absolute Gasteiger partial charge is 0.379 e. The highest BCUT2D eigenvalue weighted by Crippen LogP contribution is 2.25. The van der Waals surface area contributed by atoms with Crippen LogP contribution in [0.15, 0.2) is 58.4 Å². The molecule has 1 saturated heterocycles. The Kier molecular flexibility index (Phi) is 6.98. The first-order valence-corrected chi connectivity index (χ1v) is 12.7. The number of benzene rings is 2. The molecule has 7 nitrogen and oxygen atoms in total. The molecule has 0 unspecified atom stereocenters. The molecule has 2 heterocycles. The topological polar surface area (TPSA) is 79.3 Å². The standard InChI is InChI=1S/C21H22ClN3O4S2/c22-19-4-2-1-3-17(19)15-30-21-23-9-10-25(21)20(26)16-5-7-18(8-6-16)31(27,28)24-11-13-29-14-12-24/h1-8H,9-15H2. The van der Waals surface area contributed by atoms with Gasteiger partial charge in [-0.25, -0.2) is 8.42 Å². The summed E-state index contributed by atoms with van der Waals surface area (Å²) in [4.78, 5) is 19.3. The molecule has 0 spiro atoms. The van der Waals surface area contributed by atoms with Crippen molar-refractivity contribution in [3.8, 4) is 0 Å². The van der Waals surface area contributed by atoms with Gasteiger partial charge in [0.05, 0.1) is 24.7 Å². The fraction of sp³-hybridized carbons (Fsp3) is 0.333. The summed E-state index contributed by atoms with van der Waals surface area (Å²) in [6.45, 7) is 2.48. The van der Waals surface area contributed by atoms with Crippen LogP contribution in [0, 0.1) is 0 Å². The number of nitrogens with zero attached hydrogens (tertiary/aromatic N) is 3.